The van der Waals surface area contributed by atoms with E-state index in [1.165, 1.54) is 24.3 Å². The van der Waals surface area contributed by atoms with Gasteiger partial charge < -0.3 is 9.47 Å². The number of ether oxygens (including phenoxy) is 2. The first-order chi connectivity index (χ1) is 16.2. The van der Waals surface area contributed by atoms with Crippen LogP contribution in [0.25, 0.3) is 0 Å². The van der Waals surface area contributed by atoms with Crippen LogP contribution in [0.4, 0.5) is 5.69 Å². The molecule has 0 amide bonds. The van der Waals surface area contributed by atoms with Gasteiger partial charge in [-0.3, -0.25) is 9.10 Å². The maximum Gasteiger partial charge on any atom is 0.310 e. The first-order valence-electron chi connectivity index (χ1n) is 10.9. The molecule has 2 aromatic rings. The minimum Gasteiger partial charge on any atom is -0.486 e. The van der Waals surface area contributed by atoms with E-state index in [1.807, 2.05) is 6.07 Å². The summed E-state index contributed by atoms with van der Waals surface area (Å²) in [5.41, 5.74) is 0.278. The van der Waals surface area contributed by atoms with Gasteiger partial charge in [0, 0.05) is 6.26 Å². The Morgan fingerprint density at radius 1 is 1.17 bits per heavy atom. The molecule has 188 valence electrons. The predicted octanol–water partition coefficient (Wildman–Crippen LogP) is 2.83. The van der Waals surface area contributed by atoms with E-state index < -0.39 is 37.5 Å². The largest absolute Gasteiger partial charge is 0.486 e. The van der Waals surface area contributed by atoms with E-state index in [2.05, 4.69) is 0 Å². The number of anilines is 1. The molecule has 1 atom stereocenters. The lowest BCUT2D eigenvalue weighted by molar-refractivity contribution is -0.153. The van der Waals surface area contributed by atoms with Gasteiger partial charge in [-0.25, -0.2) is 16.8 Å². The smallest absolute Gasteiger partial charge is 0.310 e. The maximum absolute atomic E-state index is 13.6. The summed E-state index contributed by atoms with van der Waals surface area (Å²) in [5, 5.41) is 9.21. The van der Waals surface area contributed by atoms with Crippen molar-refractivity contribution in [2.45, 2.75) is 50.2 Å². The molecule has 0 fully saturated rings. The fourth-order valence-corrected chi connectivity index (χ4v) is 5.82. The van der Waals surface area contributed by atoms with Crippen molar-refractivity contribution in [3.8, 4) is 11.8 Å². The molecule has 0 radical (unpaired) electrons. The minimum absolute atomic E-state index is 0.0696. The molecule has 0 unspecified atom stereocenters. The SMILES string of the molecule is CC(C)(C)OC(=O)Cc1ccc2c(c1)N(S(=O)(=O)c1cccc(C#N)c1)C[C@H](CCS(C)(=O)=O)O2. The van der Waals surface area contributed by atoms with Crippen LogP contribution in [-0.2, 0) is 35.8 Å². The fourth-order valence-electron chi connectivity index (χ4n) is 3.59. The van der Waals surface area contributed by atoms with Crippen molar-refractivity contribution in [2.75, 3.05) is 22.9 Å². The van der Waals surface area contributed by atoms with Crippen LogP contribution in [0.15, 0.2) is 47.4 Å². The average Bonchev–Trinajstić information content (AvgIpc) is 2.75. The highest BCUT2D eigenvalue weighted by Gasteiger charge is 2.35. The summed E-state index contributed by atoms with van der Waals surface area (Å²) >= 11 is 0. The molecule has 0 bridgehead atoms. The van der Waals surface area contributed by atoms with Crippen molar-refractivity contribution < 1.29 is 31.1 Å². The Balaban J connectivity index is 2.02. The van der Waals surface area contributed by atoms with Crippen LogP contribution >= 0.6 is 0 Å². The zero-order valence-corrected chi connectivity index (χ0v) is 21.6. The number of rotatable bonds is 7. The standard InChI is InChI=1S/C24H28N2O7S2/c1-24(2,3)33-23(27)14-17-8-9-22-21(13-17)26(16-19(32-22)10-11-34(4,28)29)35(30,31)20-7-5-6-18(12-20)15-25/h5-9,12-13,19H,10-11,14,16H2,1-4H3/t19-/m0/s1. The topological polar surface area (TPSA) is 131 Å². The Labute approximate surface area is 206 Å². The molecule has 0 N–H and O–H groups in total. The molecule has 2 aromatic carbocycles. The van der Waals surface area contributed by atoms with Crippen molar-refractivity contribution in [3.05, 3.63) is 53.6 Å². The molecule has 11 heteroatoms. The third-order valence-electron chi connectivity index (χ3n) is 5.09. The summed E-state index contributed by atoms with van der Waals surface area (Å²) in [6, 6.07) is 12.3. The van der Waals surface area contributed by atoms with Gasteiger partial charge in [-0.2, -0.15) is 5.26 Å². The monoisotopic (exact) mass is 520 g/mol. The van der Waals surface area contributed by atoms with E-state index >= 15 is 0 Å². The molecule has 3 rings (SSSR count). The maximum atomic E-state index is 13.6. The van der Waals surface area contributed by atoms with Gasteiger partial charge in [0.1, 0.15) is 27.3 Å². The number of nitrogens with zero attached hydrogens (tertiary/aromatic N) is 2. The summed E-state index contributed by atoms with van der Waals surface area (Å²) < 4.78 is 63.1. The lowest BCUT2D eigenvalue weighted by Crippen LogP contribution is -2.44. The Kier molecular flexibility index (Phi) is 7.48. The zero-order chi connectivity index (χ0) is 26.0. The fraction of sp³-hybridized carbons (Fsp3) is 0.417. The van der Waals surface area contributed by atoms with Crippen LogP contribution in [0, 0.1) is 11.3 Å². The van der Waals surface area contributed by atoms with E-state index in [9.17, 15) is 26.9 Å². The van der Waals surface area contributed by atoms with Crippen molar-refractivity contribution in [1.82, 2.24) is 0 Å². The normalized spacial score (nSPS) is 16.1. The minimum atomic E-state index is -4.13. The summed E-state index contributed by atoms with van der Waals surface area (Å²) in [4.78, 5) is 12.2. The molecule has 0 spiro atoms. The first kappa shape index (κ1) is 26.5. The lowest BCUT2D eigenvalue weighted by atomic mass is 10.1. The van der Waals surface area contributed by atoms with E-state index in [0.29, 0.717) is 5.56 Å². The van der Waals surface area contributed by atoms with Gasteiger partial charge in [-0.05, 0) is 63.1 Å². The molecular formula is C24H28N2O7S2. The summed E-state index contributed by atoms with van der Waals surface area (Å²) in [7, 11) is -7.42. The van der Waals surface area contributed by atoms with E-state index in [0.717, 1.165) is 10.6 Å². The first-order valence-corrected chi connectivity index (χ1v) is 14.4. The molecule has 0 saturated carbocycles. The van der Waals surface area contributed by atoms with Crippen LogP contribution < -0.4 is 9.04 Å². The third kappa shape index (κ3) is 6.96. The number of carbonyl (C=O) groups is 1. The van der Waals surface area contributed by atoms with Gasteiger partial charge in [0.25, 0.3) is 10.0 Å². The Morgan fingerprint density at radius 2 is 1.89 bits per heavy atom. The lowest BCUT2D eigenvalue weighted by Gasteiger charge is -2.35. The van der Waals surface area contributed by atoms with Crippen LogP contribution in [0.1, 0.15) is 38.3 Å². The van der Waals surface area contributed by atoms with Crippen molar-refractivity contribution in [1.29, 1.82) is 5.26 Å². The third-order valence-corrected chi connectivity index (χ3v) is 7.84. The number of fused-ring (bicyclic) bond motifs is 1. The number of hydrogen-bond donors (Lipinski definition) is 0. The van der Waals surface area contributed by atoms with E-state index in [-0.39, 0.29) is 47.0 Å². The van der Waals surface area contributed by atoms with Gasteiger partial charge in [-0.1, -0.05) is 12.1 Å². The Hall–Kier alpha value is -3.10. The van der Waals surface area contributed by atoms with E-state index in [1.54, 1.807) is 39.0 Å². The molecule has 9 nitrogen and oxygen atoms in total. The highest BCUT2D eigenvalue weighted by atomic mass is 32.2. The van der Waals surface area contributed by atoms with E-state index in [4.69, 9.17) is 9.47 Å². The molecule has 1 aliphatic heterocycles. The summed E-state index contributed by atoms with van der Waals surface area (Å²) in [6.07, 6.45) is 0.430. The molecule has 0 saturated heterocycles. The average molecular weight is 521 g/mol. The van der Waals surface area contributed by atoms with Crippen molar-refractivity contribution in [2.24, 2.45) is 0 Å². The van der Waals surface area contributed by atoms with Crippen LogP contribution in [0.5, 0.6) is 5.75 Å². The molecule has 1 heterocycles. The Morgan fingerprint density at radius 3 is 2.51 bits per heavy atom. The van der Waals surface area contributed by atoms with Crippen LogP contribution in [0.2, 0.25) is 0 Å². The number of sulfonamides is 1. The van der Waals surface area contributed by atoms with Gasteiger partial charge in [-0.15, -0.1) is 0 Å². The second-order valence-corrected chi connectivity index (χ2v) is 13.5. The number of esters is 1. The van der Waals surface area contributed by atoms with Gasteiger partial charge in [0.05, 0.1) is 40.9 Å². The van der Waals surface area contributed by atoms with Crippen LogP contribution in [-0.4, -0.2) is 53.1 Å². The van der Waals surface area contributed by atoms with Crippen molar-refractivity contribution in [3.63, 3.8) is 0 Å². The van der Waals surface area contributed by atoms with Gasteiger partial charge in [0.15, 0.2) is 0 Å². The van der Waals surface area contributed by atoms with Crippen LogP contribution in [0.3, 0.4) is 0 Å². The highest BCUT2D eigenvalue weighted by Crippen LogP contribution is 2.38. The highest BCUT2D eigenvalue weighted by molar-refractivity contribution is 7.92. The van der Waals surface area contributed by atoms with Crippen molar-refractivity contribution >= 4 is 31.5 Å². The number of sulfone groups is 1. The number of carbonyl (C=O) groups excluding carboxylic acids is 1. The zero-order valence-electron chi connectivity index (χ0n) is 20.0. The van der Waals surface area contributed by atoms with Gasteiger partial charge in [0.2, 0.25) is 0 Å². The molecule has 0 aromatic heterocycles. The predicted molar refractivity (Wildman–Crippen MR) is 130 cm³/mol. The molecule has 35 heavy (non-hydrogen) atoms. The number of benzene rings is 2. The molecular weight excluding hydrogens is 492 g/mol. The molecule has 1 aliphatic rings. The van der Waals surface area contributed by atoms with Gasteiger partial charge >= 0.3 is 5.97 Å². The number of hydrogen-bond acceptors (Lipinski definition) is 8. The quantitative estimate of drug-likeness (QED) is 0.509. The second-order valence-electron chi connectivity index (χ2n) is 9.40. The summed E-state index contributed by atoms with van der Waals surface area (Å²) in [5.74, 6) is -0.374. The molecule has 0 aliphatic carbocycles. The number of nitriles is 1. The second kappa shape index (κ2) is 9.87. The Bertz CT molecular complexity index is 1370. The summed E-state index contributed by atoms with van der Waals surface area (Å²) in [6.45, 7) is 5.14.